The lowest BCUT2D eigenvalue weighted by molar-refractivity contribution is 0.443. The van der Waals surface area contributed by atoms with Crippen LogP contribution in [-0.2, 0) is 13.0 Å². The number of nitriles is 1. The number of nitrogens with zero attached hydrogens (tertiary/aromatic N) is 4. The van der Waals surface area contributed by atoms with Crippen LogP contribution in [0.2, 0.25) is 0 Å². The summed E-state index contributed by atoms with van der Waals surface area (Å²) in [6.07, 6.45) is 7.93. The minimum atomic E-state index is 0.443. The van der Waals surface area contributed by atoms with Crippen molar-refractivity contribution in [2.24, 2.45) is 0 Å². The largest absolute Gasteiger partial charge is 0.342 e. The third kappa shape index (κ3) is 2.96. The molecule has 1 aromatic heterocycles. The van der Waals surface area contributed by atoms with Crippen molar-refractivity contribution in [3.8, 4) is 6.07 Å². The molecule has 4 nitrogen and oxygen atoms in total. The molecular weight excluding hydrogens is 304 g/mol. The van der Waals surface area contributed by atoms with Gasteiger partial charge in [0.25, 0.3) is 0 Å². The average molecular weight is 324 g/mol. The molecule has 0 bridgehead atoms. The first-order chi connectivity index (χ1) is 11.3. The highest BCUT2D eigenvalue weighted by Gasteiger charge is 2.22. The molecule has 0 amide bonds. The summed E-state index contributed by atoms with van der Waals surface area (Å²) in [5, 5.41) is 18.3. The van der Waals surface area contributed by atoms with Crippen molar-refractivity contribution in [2.45, 2.75) is 51.0 Å². The highest BCUT2D eigenvalue weighted by molar-refractivity contribution is 7.15. The van der Waals surface area contributed by atoms with Crippen LogP contribution >= 0.6 is 11.3 Å². The molecule has 0 N–H and O–H groups in total. The van der Waals surface area contributed by atoms with Crippen molar-refractivity contribution in [3.63, 3.8) is 0 Å². The summed E-state index contributed by atoms with van der Waals surface area (Å²) in [6, 6.07) is 9.15. The Kier molecular flexibility index (Phi) is 4.00. The molecule has 0 saturated heterocycles. The number of aromatic nitrogens is 2. The summed E-state index contributed by atoms with van der Waals surface area (Å²) in [6.45, 7) is 1.83. The maximum atomic E-state index is 8.90. The van der Waals surface area contributed by atoms with Gasteiger partial charge in [-0.2, -0.15) is 5.26 Å². The normalized spacial score (nSPS) is 18.5. The van der Waals surface area contributed by atoms with Gasteiger partial charge in [-0.1, -0.05) is 48.8 Å². The predicted molar refractivity (Wildman–Crippen MR) is 91.6 cm³/mol. The molecule has 2 aromatic rings. The number of anilines is 1. The minimum Gasteiger partial charge on any atom is -0.342 e. The Morgan fingerprint density at radius 3 is 2.78 bits per heavy atom. The van der Waals surface area contributed by atoms with Gasteiger partial charge in [-0.3, -0.25) is 0 Å². The van der Waals surface area contributed by atoms with Gasteiger partial charge in [0.05, 0.1) is 0 Å². The standard InChI is InChI=1S/C18H20N4S/c19-11-17-20-21-18(23-17)22-9-8-15-10-14(6-7-16(15)12-22)13-4-2-1-3-5-13/h6-7,10,13H,1-5,8-9,12H2. The molecule has 1 saturated carbocycles. The van der Waals surface area contributed by atoms with Gasteiger partial charge in [0.1, 0.15) is 6.07 Å². The van der Waals surface area contributed by atoms with Crippen LogP contribution in [0.1, 0.15) is 59.7 Å². The topological polar surface area (TPSA) is 52.8 Å². The Morgan fingerprint density at radius 1 is 1.13 bits per heavy atom. The van der Waals surface area contributed by atoms with Crippen LogP contribution in [0.25, 0.3) is 0 Å². The van der Waals surface area contributed by atoms with E-state index in [1.807, 2.05) is 0 Å². The zero-order valence-electron chi connectivity index (χ0n) is 13.2. The minimum absolute atomic E-state index is 0.443. The quantitative estimate of drug-likeness (QED) is 0.837. The third-order valence-electron chi connectivity index (χ3n) is 5.10. The maximum Gasteiger partial charge on any atom is 0.219 e. The van der Waals surface area contributed by atoms with E-state index < -0.39 is 0 Å². The fourth-order valence-electron chi connectivity index (χ4n) is 3.81. The van der Waals surface area contributed by atoms with Gasteiger partial charge in [-0.25, -0.2) is 0 Å². The van der Waals surface area contributed by atoms with E-state index in [4.69, 9.17) is 5.26 Å². The van der Waals surface area contributed by atoms with Gasteiger partial charge in [-0.15, -0.1) is 10.2 Å². The molecule has 118 valence electrons. The van der Waals surface area contributed by atoms with Crippen LogP contribution in [0.5, 0.6) is 0 Å². The molecule has 1 aliphatic carbocycles. The summed E-state index contributed by atoms with van der Waals surface area (Å²) < 4.78 is 0. The molecule has 0 spiro atoms. The van der Waals surface area contributed by atoms with Crippen molar-refractivity contribution in [1.29, 1.82) is 5.26 Å². The van der Waals surface area contributed by atoms with Gasteiger partial charge in [0.15, 0.2) is 0 Å². The van der Waals surface area contributed by atoms with Crippen LogP contribution in [0.4, 0.5) is 5.13 Å². The second kappa shape index (κ2) is 6.29. The van der Waals surface area contributed by atoms with Gasteiger partial charge < -0.3 is 4.90 Å². The number of rotatable bonds is 2. The summed E-state index contributed by atoms with van der Waals surface area (Å²) in [5.41, 5.74) is 4.43. The second-order valence-electron chi connectivity index (χ2n) is 6.54. The Balaban J connectivity index is 1.53. The van der Waals surface area contributed by atoms with Crippen molar-refractivity contribution in [1.82, 2.24) is 10.2 Å². The molecule has 0 unspecified atom stereocenters. The molecule has 0 radical (unpaired) electrons. The summed E-state index contributed by atoms with van der Waals surface area (Å²) in [4.78, 5) is 2.24. The predicted octanol–water partition coefficient (Wildman–Crippen LogP) is 4.02. The zero-order valence-corrected chi connectivity index (χ0v) is 14.0. The molecule has 4 rings (SSSR count). The van der Waals surface area contributed by atoms with Gasteiger partial charge >= 0.3 is 0 Å². The summed E-state index contributed by atoms with van der Waals surface area (Å²) in [7, 11) is 0. The van der Waals surface area contributed by atoms with E-state index in [9.17, 15) is 0 Å². The SMILES string of the molecule is N#Cc1nnc(N2CCc3cc(C4CCCCC4)ccc3C2)s1. The third-order valence-corrected chi connectivity index (χ3v) is 5.99. The van der Waals surface area contributed by atoms with E-state index in [-0.39, 0.29) is 0 Å². The molecule has 1 fully saturated rings. The molecule has 23 heavy (non-hydrogen) atoms. The maximum absolute atomic E-state index is 8.90. The van der Waals surface area contributed by atoms with E-state index >= 15 is 0 Å². The van der Waals surface area contributed by atoms with E-state index in [1.54, 1.807) is 5.56 Å². The first-order valence-corrected chi connectivity index (χ1v) is 9.25. The lowest BCUT2D eigenvalue weighted by Crippen LogP contribution is -2.30. The Bertz CT molecular complexity index is 740. The molecule has 1 aromatic carbocycles. The van der Waals surface area contributed by atoms with Crippen molar-refractivity contribution < 1.29 is 0 Å². The van der Waals surface area contributed by atoms with Crippen LogP contribution in [0.3, 0.4) is 0 Å². The summed E-state index contributed by atoms with van der Waals surface area (Å²) >= 11 is 1.38. The zero-order chi connectivity index (χ0) is 15.6. The molecule has 1 aliphatic heterocycles. The highest BCUT2D eigenvalue weighted by atomic mass is 32.1. The Labute approximate surface area is 140 Å². The Morgan fingerprint density at radius 2 is 2.00 bits per heavy atom. The van der Waals surface area contributed by atoms with E-state index in [2.05, 4.69) is 39.4 Å². The second-order valence-corrected chi connectivity index (χ2v) is 7.49. The smallest absolute Gasteiger partial charge is 0.219 e. The number of benzene rings is 1. The van der Waals surface area contributed by atoms with Crippen LogP contribution in [0.15, 0.2) is 18.2 Å². The summed E-state index contributed by atoms with van der Waals surface area (Å²) in [5.74, 6) is 0.772. The molecular formula is C18H20N4S. The highest BCUT2D eigenvalue weighted by Crippen LogP contribution is 2.35. The van der Waals surface area contributed by atoms with E-state index in [0.717, 1.165) is 30.6 Å². The lowest BCUT2D eigenvalue weighted by atomic mass is 9.82. The van der Waals surface area contributed by atoms with Crippen LogP contribution in [-0.4, -0.2) is 16.7 Å². The average Bonchev–Trinajstić information content (AvgIpc) is 3.11. The molecule has 0 atom stereocenters. The van der Waals surface area contributed by atoms with Crippen molar-refractivity contribution in [2.75, 3.05) is 11.4 Å². The number of hydrogen-bond acceptors (Lipinski definition) is 5. The lowest BCUT2D eigenvalue weighted by Gasteiger charge is -2.29. The van der Waals surface area contributed by atoms with Crippen LogP contribution < -0.4 is 4.90 Å². The first kappa shape index (κ1) is 14.6. The van der Waals surface area contributed by atoms with E-state index in [0.29, 0.717) is 5.01 Å². The van der Waals surface area contributed by atoms with Crippen LogP contribution in [0, 0.1) is 11.3 Å². The van der Waals surface area contributed by atoms with Gasteiger partial charge in [0, 0.05) is 13.1 Å². The fraction of sp³-hybridized carbons (Fsp3) is 0.500. The fourth-order valence-corrected chi connectivity index (χ4v) is 4.48. The number of hydrogen-bond donors (Lipinski definition) is 0. The number of fused-ring (bicyclic) bond motifs is 1. The monoisotopic (exact) mass is 324 g/mol. The first-order valence-electron chi connectivity index (χ1n) is 8.44. The van der Waals surface area contributed by atoms with Crippen molar-refractivity contribution >= 4 is 16.5 Å². The molecule has 2 heterocycles. The van der Waals surface area contributed by atoms with E-state index in [1.165, 1.54) is 54.6 Å². The van der Waals surface area contributed by atoms with Gasteiger partial charge in [0.2, 0.25) is 10.1 Å². The van der Waals surface area contributed by atoms with Gasteiger partial charge in [-0.05, 0) is 41.9 Å². The van der Waals surface area contributed by atoms with Crippen molar-refractivity contribution in [3.05, 3.63) is 39.9 Å². The Hall–Kier alpha value is -1.93. The molecule has 2 aliphatic rings. The molecule has 5 heteroatoms.